The molecule has 0 unspecified atom stereocenters. The molecule has 1 aromatic carbocycles. The van der Waals surface area contributed by atoms with Crippen molar-refractivity contribution < 1.29 is 17.9 Å². The molecule has 0 heterocycles. The van der Waals surface area contributed by atoms with Gasteiger partial charge in [-0.15, -0.1) is 13.2 Å². The van der Waals surface area contributed by atoms with Gasteiger partial charge in [0.1, 0.15) is 5.75 Å². The van der Waals surface area contributed by atoms with Crippen molar-refractivity contribution in [1.82, 2.24) is 0 Å². The van der Waals surface area contributed by atoms with Gasteiger partial charge in [0.05, 0.1) is 5.02 Å². The first-order chi connectivity index (χ1) is 8.33. The van der Waals surface area contributed by atoms with Gasteiger partial charge < -0.3 is 16.2 Å². The molecule has 3 nitrogen and oxygen atoms in total. The lowest BCUT2D eigenvalue weighted by Gasteiger charge is -2.14. The standard InChI is InChI=1S/C11H14ClF3N2O/c12-8-6-7(9(17)2-1-5-16)3-4-10(8)18-11(13,14)15/h3-4,6,9H,1-2,5,16-17H2/t9-/m1/s1. The van der Waals surface area contributed by atoms with Gasteiger partial charge in [0.15, 0.2) is 0 Å². The molecule has 1 aromatic rings. The minimum absolute atomic E-state index is 0.118. The van der Waals surface area contributed by atoms with E-state index in [9.17, 15) is 13.2 Å². The quantitative estimate of drug-likeness (QED) is 0.873. The summed E-state index contributed by atoms with van der Waals surface area (Å²) in [6, 6.07) is 3.71. The van der Waals surface area contributed by atoms with Crippen LogP contribution in [0.5, 0.6) is 5.75 Å². The summed E-state index contributed by atoms with van der Waals surface area (Å²) in [5.41, 5.74) is 11.9. The Morgan fingerprint density at radius 1 is 1.33 bits per heavy atom. The average Bonchev–Trinajstić information content (AvgIpc) is 2.27. The van der Waals surface area contributed by atoms with Crippen molar-refractivity contribution in [2.24, 2.45) is 11.5 Å². The molecule has 0 aliphatic rings. The highest BCUT2D eigenvalue weighted by molar-refractivity contribution is 6.32. The Balaban J connectivity index is 2.79. The molecule has 0 radical (unpaired) electrons. The zero-order valence-corrected chi connectivity index (χ0v) is 10.3. The maximum atomic E-state index is 12.0. The lowest BCUT2D eigenvalue weighted by atomic mass is 10.0. The van der Waals surface area contributed by atoms with E-state index in [2.05, 4.69) is 4.74 Å². The molecule has 0 saturated heterocycles. The van der Waals surface area contributed by atoms with Crippen molar-refractivity contribution in [3.05, 3.63) is 28.8 Å². The summed E-state index contributed by atoms with van der Waals surface area (Å²) in [5, 5.41) is -0.118. The van der Waals surface area contributed by atoms with Crippen LogP contribution in [0, 0.1) is 0 Å². The molecule has 0 aliphatic carbocycles. The van der Waals surface area contributed by atoms with E-state index in [0.29, 0.717) is 18.5 Å². The summed E-state index contributed by atoms with van der Waals surface area (Å²) in [7, 11) is 0. The number of halogens is 4. The van der Waals surface area contributed by atoms with Crippen LogP contribution in [-0.4, -0.2) is 12.9 Å². The SMILES string of the molecule is NCCC[C@@H](N)c1ccc(OC(F)(F)F)c(Cl)c1. The number of benzene rings is 1. The van der Waals surface area contributed by atoms with Crippen molar-refractivity contribution in [2.75, 3.05) is 6.54 Å². The highest BCUT2D eigenvalue weighted by atomic mass is 35.5. The maximum absolute atomic E-state index is 12.0. The molecule has 0 bridgehead atoms. The van der Waals surface area contributed by atoms with E-state index in [1.54, 1.807) is 0 Å². The molecule has 0 saturated carbocycles. The molecule has 0 spiro atoms. The van der Waals surface area contributed by atoms with Crippen LogP contribution < -0.4 is 16.2 Å². The van der Waals surface area contributed by atoms with Gasteiger partial charge in [-0.05, 0) is 37.1 Å². The van der Waals surface area contributed by atoms with E-state index in [4.69, 9.17) is 23.1 Å². The Morgan fingerprint density at radius 2 is 2.00 bits per heavy atom. The van der Waals surface area contributed by atoms with Crippen molar-refractivity contribution in [3.63, 3.8) is 0 Å². The van der Waals surface area contributed by atoms with E-state index in [1.807, 2.05) is 0 Å². The molecule has 1 atom stereocenters. The van der Waals surface area contributed by atoms with E-state index in [0.717, 1.165) is 12.5 Å². The summed E-state index contributed by atoms with van der Waals surface area (Å²) < 4.78 is 39.8. The highest BCUT2D eigenvalue weighted by Crippen LogP contribution is 2.32. The molecule has 102 valence electrons. The van der Waals surface area contributed by atoms with Gasteiger partial charge in [-0.2, -0.15) is 0 Å². The molecule has 1 rings (SSSR count). The predicted octanol–water partition coefficient (Wildman–Crippen LogP) is 2.98. The molecular weight excluding hydrogens is 269 g/mol. The van der Waals surface area contributed by atoms with Crippen molar-refractivity contribution in [1.29, 1.82) is 0 Å². The lowest BCUT2D eigenvalue weighted by molar-refractivity contribution is -0.274. The number of nitrogens with two attached hydrogens (primary N) is 2. The van der Waals surface area contributed by atoms with Gasteiger partial charge in [-0.1, -0.05) is 17.7 Å². The molecular formula is C11H14ClF3N2O. The van der Waals surface area contributed by atoms with E-state index in [1.165, 1.54) is 12.1 Å². The molecule has 18 heavy (non-hydrogen) atoms. The van der Waals surface area contributed by atoms with E-state index >= 15 is 0 Å². The van der Waals surface area contributed by atoms with Gasteiger partial charge in [-0.25, -0.2) is 0 Å². The predicted molar refractivity (Wildman–Crippen MR) is 63.4 cm³/mol. The second-order valence-corrected chi connectivity index (χ2v) is 4.18. The fourth-order valence-electron chi connectivity index (χ4n) is 1.46. The minimum Gasteiger partial charge on any atom is -0.404 e. The Hall–Kier alpha value is -0.980. The Kier molecular flexibility index (Phi) is 5.25. The van der Waals surface area contributed by atoms with E-state index < -0.39 is 12.1 Å². The first-order valence-electron chi connectivity index (χ1n) is 5.34. The number of alkyl halides is 3. The molecule has 0 aliphatic heterocycles. The van der Waals surface area contributed by atoms with Crippen LogP contribution in [0.4, 0.5) is 13.2 Å². The second-order valence-electron chi connectivity index (χ2n) is 3.78. The smallest absolute Gasteiger partial charge is 0.404 e. The second kappa shape index (κ2) is 6.26. The molecule has 4 N–H and O–H groups in total. The average molecular weight is 283 g/mol. The summed E-state index contributed by atoms with van der Waals surface area (Å²) in [6.07, 6.45) is -3.38. The summed E-state index contributed by atoms with van der Waals surface area (Å²) in [4.78, 5) is 0. The first kappa shape index (κ1) is 15.1. The third kappa shape index (κ3) is 4.72. The Labute approximate surface area is 108 Å². The fourth-order valence-corrected chi connectivity index (χ4v) is 1.69. The monoisotopic (exact) mass is 282 g/mol. The van der Waals surface area contributed by atoms with Crippen molar-refractivity contribution >= 4 is 11.6 Å². The highest BCUT2D eigenvalue weighted by Gasteiger charge is 2.32. The summed E-state index contributed by atoms with van der Waals surface area (Å²) in [5.74, 6) is -0.432. The molecule has 0 aromatic heterocycles. The molecule has 0 fully saturated rings. The number of ether oxygens (including phenoxy) is 1. The van der Waals surface area contributed by atoms with E-state index in [-0.39, 0.29) is 11.1 Å². The number of hydrogen-bond donors (Lipinski definition) is 2. The minimum atomic E-state index is -4.76. The fraction of sp³-hybridized carbons (Fsp3) is 0.455. The largest absolute Gasteiger partial charge is 0.573 e. The normalized spacial score (nSPS) is 13.4. The third-order valence-electron chi connectivity index (χ3n) is 2.33. The zero-order chi connectivity index (χ0) is 13.8. The topological polar surface area (TPSA) is 61.3 Å². The van der Waals surface area contributed by atoms with Crippen LogP contribution >= 0.6 is 11.6 Å². The van der Waals surface area contributed by atoms with Gasteiger partial charge in [0.2, 0.25) is 0 Å². The number of hydrogen-bond acceptors (Lipinski definition) is 3. The van der Waals surface area contributed by atoms with Crippen LogP contribution in [0.15, 0.2) is 18.2 Å². The van der Waals surface area contributed by atoms with Crippen molar-refractivity contribution in [2.45, 2.75) is 25.2 Å². The first-order valence-corrected chi connectivity index (χ1v) is 5.72. The summed E-state index contributed by atoms with van der Waals surface area (Å²) in [6.45, 7) is 0.511. The summed E-state index contributed by atoms with van der Waals surface area (Å²) >= 11 is 5.71. The third-order valence-corrected chi connectivity index (χ3v) is 2.62. The van der Waals surface area contributed by atoms with Crippen LogP contribution in [0.25, 0.3) is 0 Å². The van der Waals surface area contributed by atoms with Crippen LogP contribution in [0.3, 0.4) is 0 Å². The van der Waals surface area contributed by atoms with Crippen LogP contribution in [0.2, 0.25) is 5.02 Å². The Morgan fingerprint density at radius 3 is 2.50 bits per heavy atom. The van der Waals surface area contributed by atoms with Crippen LogP contribution in [0.1, 0.15) is 24.4 Å². The van der Waals surface area contributed by atoms with Gasteiger partial charge in [-0.3, -0.25) is 0 Å². The lowest BCUT2D eigenvalue weighted by Crippen LogP contribution is -2.18. The maximum Gasteiger partial charge on any atom is 0.573 e. The number of rotatable bonds is 5. The zero-order valence-electron chi connectivity index (χ0n) is 9.51. The van der Waals surface area contributed by atoms with Gasteiger partial charge in [0, 0.05) is 6.04 Å². The molecule has 7 heteroatoms. The van der Waals surface area contributed by atoms with Gasteiger partial charge in [0.25, 0.3) is 0 Å². The van der Waals surface area contributed by atoms with Crippen LogP contribution in [-0.2, 0) is 0 Å². The Bertz CT molecular complexity index is 398. The van der Waals surface area contributed by atoms with Gasteiger partial charge >= 0.3 is 6.36 Å². The van der Waals surface area contributed by atoms with Crippen molar-refractivity contribution in [3.8, 4) is 5.75 Å². The molecule has 0 amide bonds.